The molecule has 1 atom stereocenters. The Morgan fingerprint density at radius 3 is 2.72 bits per heavy atom. The summed E-state index contributed by atoms with van der Waals surface area (Å²) in [5, 5.41) is 0.542. The molecule has 3 heterocycles. The number of hydrogen-bond acceptors (Lipinski definition) is 6. The lowest BCUT2D eigenvalue weighted by atomic mass is 10.1. The first kappa shape index (κ1) is 25.9. The molecule has 36 heavy (non-hydrogen) atoms. The fourth-order valence-electron chi connectivity index (χ4n) is 4.70. The molecular weight excluding hydrogens is 482 g/mol. The van der Waals surface area contributed by atoms with Crippen LogP contribution in [0, 0.1) is 6.92 Å². The monoisotopic (exact) mass is 514 g/mol. The highest BCUT2D eigenvalue weighted by Crippen LogP contribution is 2.33. The Bertz CT molecular complexity index is 1330. The van der Waals surface area contributed by atoms with Crippen molar-refractivity contribution in [1.82, 2.24) is 19.4 Å². The zero-order valence-electron chi connectivity index (χ0n) is 20.9. The van der Waals surface area contributed by atoms with E-state index in [9.17, 15) is 18.4 Å². The van der Waals surface area contributed by atoms with Gasteiger partial charge in [-0.15, -0.1) is 0 Å². The molecule has 3 aromatic rings. The summed E-state index contributed by atoms with van der Waals surface area (Å²) in [5.74, 6) is 0.919. The maximum atomic E-state index is 13.0. The SMILES string of the molecule is CCCn1cc(C)c2c(=O)[nH]c(-c3cc(N(CCCN4CCCC4=O)S(=O)[O-])ccc3OCC)nc21. The van der Waals surface area contributed by atoms with Crippen LogP contribution in [0.5, 0.6) is 5.75 Å². The van der Waals surface area contributed by atoms with E-state index in [1.54, 1.807) is 23.1 Å². The van der Waals surface area contributed by atoms with E-state index >= 15 is 0 Å². The molecule has 2 aromatic heterocycles. The fourth-order valence-corrected chi connectivity index (χ4v) is 5.26. The number of aromatic nitrogens is 3. The Hall–Kier alpha value is -3.18. The number of anilines is 1. The highest BCUT2D eigenvalue weighted by Gasteiger charge is 2.21. The van der Waals surface area contributed by atoms with Crippen molar-refractivity contribution in [3.8, 4) is 17.1 Å². The maximum Gasteiger partial charge on any atom is 0.260 e. The smallest absolute Gasteiger partial charge is 0.260 e. The first-order chi connectivity index (χ1) is 17.3. The Kier molecular flexibility index (Phi) is 8.10. The summed E-state index contributed by atoms with van der Waals surface area (Å²) >= 11 is -2.53. The number of H-pyrrole nitrogens is 1. The Morgan fingerprint density at radius 2 is 2.06 bits per heavy atom. The standard InChI is InChI=1S/C25H33N5O5S/c1-4-11-29-16-17(3)22-24(29)26-23(27-25(22)32)19-15-18(9-10-20(19)35-5-2)30(36(33)34)14-7-13-28-12-6-8-21(28)31/h9-10,15-16H,4-8,11-14H2,1-3H3,(H,33,34)(H,26,27,32)/p-1. The average Bonchev–Trinajstić information content (AvgIpc) is 3.39. The largest absolute Gasteiger partial charge is 0.755 e. The van der Waals surface area contributed by atoms with E-state index in [1.165, 1.54) is 4.31 Å². The number of benzene rings is 1. The first-order valence-corrected chi connectivity index (χ1v) is 13.4. The molecule has 1 amide bonds. The third-order valence-corrected chi connectivity index (χ3v) is 7.08. The average molecular weight is 515 g/mol. The van der Waals surface area contributed by atoms with E-state index in [1.807, 2.05) is 24.6 Å². The predicted octanol–water partition coefficient (Wildman–Crippen LogP) is 3.12. The molecule has 1 saturated heterocycles. The van der Waals surface area contributed by atoms with Crippen LogP contribution in [-0.4, -0.2) is 60.3 Å². The van der Waals surface area contributed by atoms with Crippen molar-refractivity contribution in [2.45, 2.75) is 53.0 Å². The van der Waals surface area contributed by atoms with E-state index in [2.05, 4.69) is 11.9 Å². The number of amides is 1. The van der Waals surface area contributed by atoms with Crippen molar-refractivity contribution in [3.63, 3.8) is 0 Å². The van der Waals surface area contributed by atoms with Gasteiger partial charge in [0.25, 0.3) is 5.56 Å². The van der Waals surface area contributed by atoms with Crippen LogP contribution >= 0.6 is 0 Å². The summed E-state index contributed by atoms with van der Waals surface area (Å²) in [4.78, 5) is 34.3. The van der Waals surface area contributed by atoms with Crippen LogP contribution in [0.4, 0.5) is 5.69 Å². The lowest BCUT2D eigenvalue weighted by Crippen LogP contribution is -2.31. The second-order valence-corrected chi connectivity index (χ2v) is 9.76. The minimum absolute atomic E-state index is 0.113. The third kappa shape index (κ3) is 5.31. The number of nitrogens with one attached hydrogen (secondary N) is 1. The van der Waals surface area contributed by atoms with Gasteiger partial charge in [-0.1, -0.05) is 6.92 Å². The van der Waals surface area contributed by atoms with Crippen LogP contribution < -0.4 is 14.6 Å². The third-order valence-electron chi connectivity index (χ3n) is 6.33. The molecule has 1 aliphatic heterocycles. The molecule has 1 N–H and O–H groups in total. The first-order valence-electron chi connectivity index (χ1n) is 12.4. The number of ether oxygens (including phenoxy) is 1. The number of hydrogen-bond donors (Lipinski definition) is 1. The van der Waals surface area contributed by atoms with Crippen molar-refractivity contribution in [3.05, 3.63) is 40.3 Å². The summed E-state index contributed by atoms with van der Waals surface area (Å²) < 4.78 is 33.3. The number of nitrogens with zero attached hydrogens (tertiary/aromatic N) is 4. The van der Waals surface area contributed by atoms with Crippen LogP contribution in [-0.2, 0) is 22.6 Å². The van der Waals surface area contributed by atoms with Crippen LogP contribution in [0.25, 0.3) is 22.4 Å². The molecule has 0 bridgehead atoms. The van der Waals surface area contributed by atoms with Gasteiger partial charge in [0.1, 0.15) is 17.2 Å². The number of aromatic amines is 1. The quantitative estimate of drug-likeness (QED) is 0.392. The van der Waals surface area contributed by atoms with Gasteiger partial charge in [0, 0.05) is 55.8 Å². The lowest BCUT2D eigenvalue weighted by Gasteiger charge is -2.28. The summed E-state index contributed by atoms with van der Waals surface area (Å²) in [5.41, 5.74) is 2.11. The van der Waals surface area contributed by atoms with E-state index in [-0.39, 0.29) is 18.0 Å². The molecule has 4 rings (SSSR count). The number of likely N-dealkylation sites (tertiary alicyclic amines) is 1. The van der Waals surface area contributed by atoms with Gasteiger partial charge < -0.3 is 28.0 Å². The van der Waals surface area contributed by atoms with E-state index < -0.39 is 11.3 Å². The van der Waals surface area contributed by atoms with Gasteiger partial charge in [-0.05, 0) is 56.9 Å². The number of carbonyl (C=O) groups excluding carboxylic acids is 1. The molecule has 194 valence electrons. The normalized spacial score (nSPS) is 14.6. The molecule has 0 spiro atoms. The summed E-state index contributed by atoms with van der Waals surface area (Å²) in [6.45, 7) is 8.35. The van der Waals surface area contributed by atoms with Crippen LogP contribution in [0.3, 0.4) is 0 Å². The number of fused-ring (bicyclic) bond motifs is 1. The second kappa shape index (κ2) is 11.3. The van der Waals surface area contributed by atoms with Gasteiger partial charge in [0.2, 0.25) is 5.91 Å². The molecule has 0 saturated carbocycles. The highest BCUT2D eigenvalue weighted by molar-refractivity contribution is 7.80. The molecular formula is C25H32N5O5S-. The van der Waals surface area contributed by atoms with Crippen LogP contribution in [0.15, 0.2) is 29.2 Å². The van der Waals surface area contributed by atoms with Crippen molar-refractivity contribution in [1.29, 1.82) is 0 Å². The number of carbonyl (C=O) groups is 1. The van der Waals surface area contributed by atoms with Gasteiger partial charge in [0.15, 0.2) is 0 Å². The lowest BCUT2D eigenvalue weighted by molar-refractivity contribution is -0.127. The van der Waals surface area contributed by atoms with Crippen molar-refractivity contribution in [2.24, 2.45) is 0 Å². The molecule has 1 aliphatic rings. The van der Waals surface area contributed by atoms with E-state index in [4.69, 9.17) is 9.72 Å². The molecule has 11 heteroatoms. The van der Waals surface area contributed by atoms with Gasteiger partial charge in [0.05, 0.1) is 17.6 Å². The number of aryl methyl sites for hydroxylation is 2. The minimum atomic E-state index is -2.53. The van der Waals surface area contributed by atoms with Crippen molar-refractivity contribution >= 4 is 33.9 Å². The summed E-state index contributed by atoms with van der Waals surface area (Å²) in [6, 6.07) is 5.04. The van der Waals surface area contributed by atoms with E-state index in [0.717, 1.165) is 24.9 Å². The van der Waals surface area contributed by atoms with Gasteiger partial charge in [-0.3, -0.25) is 13.8 Å². The Labute approximate surface area is 212 Å². The van der Waals surface area contributed by atoms with Gasteiger partial charge in [-0.2, -0.15) is 0 Å². The molecule has 0 radical (unpaired) electrons. The topological polar surface area (TPSA) is 124 Å². The van der Waals surface area contributed by atoms with Crippen LogP contribution in [0.2, 0.25) is 0 Å². The minimum Gasteiger partial charge on any atom is -0.755 e. The van der Waals surface area contributed by atoms with Crippen LogP contribution in [0.1, 0.15) is 45.1 Å². The number of rotatable bonds is 11. The molecule has 10 nitrogen and oxygen atoms in total. The van der Waals surface area contributed by atoms with E-state index in [0.29, 0.717) is 66.4 Å². The van der Waals surface area contributed by atoms with Crippen molar-refractivity contribution < 1.29 is 18.3 Å². The molecule has 1 fully saturated rings. The highest BCUT2D eigenvalue weighted by atomic mass is 32.2. The Morgan fingerprint density at radius 1 is 1.25 bits per heavy atom. The maximum absolute atomic E-state index is 13.0. The zero-order chi connectivity index (χ0) is 25.8. The van der Waals surface area contributed by atoms with Crippen molar-refractivity contribution in [2.75, 3.05) is 30.5 Å². The molecule has 1 unspecified atom stereocenters. The van der Waals surface area contributed by atoms with Gasteiger partial charge >= 0.3 is 0 Å². The molecule has 0 aliphatic carbocycles. The second-order valence-electron chi connectivity index (χ2n) is 8.89. The zero-order valence-corrected chi connectivity index (χ0v) is 21.7. The summed E-state index contributed by atoms with van der Waals surface area (Å²) in [7, 11) is 0. The summed E-state index contributed by atoms with van der Waals surface area (Å²) in [6.07, 6.45) is 4.71. The Balaban J connectivity index is 1.71. The van der Waals surface area contributed by atoms with Gasteiger partial charge in [-0.25, -0.2) is 4.98 Å². The fraction of sp³-hybridized carbons (Fsp3) is 0.480. The predicted molar refractivity (Wildman–Crippen MR) is 139 cm³/mol. The molecule has 1 aromatic carbocycles.